The smallest absolute Gasteiger partial charge is 0.238 e. The molecule has 2 unspecified atom stereocenters. The van der Waals surface area contributed by atoms with Crippen molar-refractivity contribution >= 4 is 5.91 Å². The quantitative estimate of drug-likeness (QED) is 0.914. The van der Waals surface area contributed by atoms with Crippen LogP contribution in [0.15, 0.2) is 43.0 Å². The van der Waals surface area contributed by atoms with Crippen LogP contribution >= 0.6 is 0 Å². The number of likely N-dealkylation sites (N-methyl/N-ethyl adjacent to an activating group) is 1. The molecular weight excluding hydrogens is 264 g/mol. The summed E-state index contributed by atoms with van der Waals surface area (Å²) in [7, 11) is 3.54. The van der Waals surface area contributed by atoms with Crippen molar-refractivity contribution in [2.45, 2.75) is 25.9 Å². The lowest BCUT2D eigenvalue weighted by atomic mass is 10.1. The van der Waals surface area contributed by atoms with Gasteiger partial charge in [-0.2, -0.15) is 0 Å². The number of rotatable bonds is 5. The molecule has 5 nitrogen and oxygen atoms in total. The Labute approximate surface area is 125 Å². The normalized spacial score (nSPS) is 13.7. The standard InChI is InChI=1S/C16H22N4O/c1-12(18-13(2)16(21)19(3)4)14-5-7-15(8-6-14)20-10-9-17-11-20/h5-13,18H,1-4H3. The van der Waals surface area contributed by atoms with Gasteiger partial charge < -0.3 is 9.47 Å². The molecule has 0 aliphatic rings. The van der Waals surface area contributed by atoms with Crippen LogP contribution in [0.1, 0.15) is 25.5 Å². The summed E-state index contributed by atoms with van der Waals surface area (Å²) in [5.74, 6) is 0.0804. The van der Waals surface area contributed by atoms with E-state index < -0.39 is 0 Å². The van der Waals surface area contributed by atoms with Gasteiger partial charge in [0, 0.05) is 38.2 Å². The molecule has 0 fully saturated rings. The lowest BCUT2D eigenvalue weighted by Crippen LogP contribution is -2.42. The van der Waals surface area contributed by atoms with E-state index in [1.165, 1.54) is 0 Å². The Morgan fingerprint density at radius 1 is 1.24 bits per heavy atom. The fourth-order valence-electron chi connectivity index (χ4n) is 2.28. The molecule has 1 N–H and O–H groups in total. The molecule has 2 aromatic rings. The van der Waals surface area contributed by atoms with Gasteiger partial charge in [-0.05, 0) is 31.5 Å². The summed E-state index contributed by atoms with van der Waals surface area (Å²) in [6.45, 7) is 3.95. The van der Waals surface area contributed by atoms with Gasteiger partial charge in [0.25, 0.3) is 0 Å². The van der Waals surface area contributed by atoms with E-state index in [1.807, 2.05) is 29.8 Å². The van der Waals surface area contributed by atoms with Crippen LogP contribution in [0.2, 0.25) is 0 Å². The van der Waals surface area contributed by atoms with Crippen LogP contribution < -0.4 is 5.32 Å². The predicted octanol–water partition coefficient (Wildman–Crippen LogP) is 2.00. The van der Waals surface area contributed by atoms with Crippen molar-refractivity contribution in [2.75, 3.05) is 14.1 Å². The largest absolute Gasteiger partial charge is 0.347 e. The van der Waals surface area contributed by atoms with Gasteiger partial charge in [-0.3, -0.25) is 10.1 Å². The molecule has 1 aromatic carbocycles. The average Bonchev–Trinajstić information content (AvgIpc) is 3.00. The van der Waals surface area contributed by atoms with E-state index in [4.69, 9.17) is 0 Å². The molecule has 2 atom stereocenters. The lowest BCUT2D eigenvalue weighted by Gasteiger charge is -2.22. The van der Waals surface area contributed by atoms with Crippen molar-refractivity contribution in [2.24, 2.45) is 0 Å². The Kier molecular flexibility index (Phi) is 4.75. The number of aromatic nitrogens is 2. The predicted molar refractivity (Wildman–Crippen MR) is 83.3 cm³/mol. The number of amides is 1. The summed E-state index contributed by atoms with van der Waals surface area (Å²) in [5.41, 5.74) is 2.22. The molecule has 0 bridgehead atoms. The van der Waals surface area contributed by atoms with Crippen LogP contribution in [0.3, 0.4) is 0 Å². The molecule has 5 heteroatoms. The van der Waals surface area contributed by atoms with Crippen molar-refractivity contribution in [3.8, 4) is 5.69 Å². The van der Waals surface area contributed by atoms with E-state index in [9.17, 15) is 4.79 Å². The van der Waals surface area contributed by atoms with Crippen LogP contribution in [-0.4, -0.2) is 40.5 Å². The number of hydrogen-bond donors (Lipinski definition) is 1. The van der Waals surface area contributed by atoms with Gasteiger partial charge in [0.1, 0.15) is 0 Å². The topological polar surface area (TPSA) is 50.2 Å². The number of nitrogens with one attached hydrogen (secondary N) is 1. The number of benzene rings is 1. The molecule has 0 saturated carbocycles. The average molecular weight is 286 g/mol. The highest BCUT2D eigenvalue weighted by atomic mass is 16.2. The third-order valence-electron chi connectivity index (χ3n) is 3.51. The molecule has 1 heterocycles. The second-order valence-electron chi connectivity index (χ2n) is 5.40. The molecule has 112 valence electrons. The van der Waals surface area contributed by atoms with Crippen LogP contribution in [0.4, 0.5) is 0 Å². The van der Waals surface area contributed by atoms with Crippen molar-refractivity contribution < 1.29 is 4.79 Å². The van der Waals surface area contributed by atoms with Gasteiger partial charge in [0.05, 0.1) is 12.4 Å². The van der Waals surface area contributed by atoms with Crippen LogP contribution in [0, 0.1) is 0 Å². The molecule has 1 amide bonds. The van der Waals surface area contributed by atoms with Gasteiger partial charge in [-0.15, -0.1) is 0 Å². The zero-order valence-corrected chi connectivity index (χ0v) is 12.9. The maximum atomic E-state index is 11.9. The van der Waals surface area contributed by atoms with Crippen molar-refractivity contribution in [3.05, 3.63) is 48.5 Å². The van der Waals surface area contributed by atoms with Crippen LogP contribution in [0.25, 0.3) is 5.69 Å². The van der Waals surface area contributed by atoms with Crippen LogP contribution in [0.5, 0.6) is 0 Å². The van der Waals surface area contributed by atoms with Gasteiger partial charge in [0.15, 0.2) is 0 Å². The number of carbonyl (C=O) groups excluding carboxylic acids is 1. The fourth-order valence-corrected chi connectivity index (χ4v) is 2.28. The Bertz CT molecular complexity index is 575. The maximum Gasteiger partial charge on any atom is 0.238 e. The summed E-state index contributed by atoms with van der Waals surface area (Å²) in [6.07, 6.45) is 5.44. The first-order chi connectivity index (χ1) is 9.99. The van der Waals surface area contributed by atoms with E-state index in [0.29, 0.717) is 0 Å². The van der Waals surface area contributed by atoms with Crippen molar-refractivity contribution in [1.29, 1.82) is 0 Å². The molecule has 1 aromatic heterocycles. The second-order valence-corrected chi connectivity index (χ2v) is 5.40. The van der Waals surface area contributed by atoms with Crippen molar-refractivity contribution in [1.82, 2.24) is 19.8 Å². The first-order valence-corrected chi connectivity index (χ1v) is 7.04. The van der Waals surface area contributed by atoms with Crippen LogP contribution in [-0.2, 0) is 4.79 Å². The summed E-state index contributed by atoms with van der Waals surface area (Å²) < 4.78 is 1.96. The fraction of sp³-hybridized carbons (Fsp3) is 0.375. The number of imidazole rings is 1. The van der Waals surface area contributed by atoms with E-state index in [0.717, 1.165) is 11.3 Å². The highest BCUT2D eigenvalue weighted by Crippen LogP contribution is 2.16. The van der Waals surface area contributed by atoms with E-state index in [2.05, 4.69) is 29.4 Å². The molecule has 0 aliphatic heterocycles. The summed E-state index contributed by atoms with van der Waals surface area (Å²) >= 11 is 0. The van der Waals surface area contributed by atoms with Gasteiger partial charge in [0.2, 0.25) is 5.91 Å². The SMILES string of the molecule is CC(NC(C)c1ccc(-n2ccnc2)cc1)C(=O)N(C)C. The molecule has 0 radical (unpaired) electrons. The molecule has 0 aliphatic carbocycles. The van der Waals surface area contributed by atoms with E-state index in [-0.39, 0.29) is 18.0 Å². The summed E-state index contributed by atoms with van der Waals surface area (Å²) in [5, 5.41) is 3.32. The number of carbonyl (C=O) groups is 1. The van der Waals surface area contributed by atoms with E-state index in [1.54, 1.807) is 31.5 Å². The minimum Gasteiger partial charge on any atom is -0.347 e. The Morgan fingerprint density at radius 2 is 1.90 bits per heavy atom. The zero-order chi connectivity index (χ0) is 15.4. The molecule has 2 rings (SSSR count). The second kappa shape index (κ2) is 6.54. The minimum absolute atomic E-state index is 0.0804. The van der Waals surface area contributed by atoms with E-state index >= 15 is 0 Å². The molecular formula is C16H22N4O. The molecule has 21 heavy (non-hydrogen) atoms. The summed E-state index contributed by atoms with van der Waals surface area (Å²) in [6, 6.07) is 8.14. The van der Waals surface area contributed by atoms with Gasteiger partial charge >= 0.3 is 0 Å². The van der Waals surface area contributed by atoms with Crippen molar-refractivity contribution in [3.63, 3.8) is 0 Å². The third-order valence-corrected chi connectivity index (χ3v) is 3.51. The third kappa shape index (κ3) is 3.70. The molecule has 0 saturated heterocycles. The first-order valence-electron chi connectivity index (χ1n) is 7.04. The zero-order valence-electron chi connectivity index (χ0n) is 12.9. The lowest BCUT2D eigenvalue weighted by molar-refractivity contribution is -0.130. The highest BCUT2D eigenvalue weighted by molar-refractivity contribution is 5.80. The maximum absolute atomic E-state index is 11.9. The minimum atomic E-state index is -0.205. The monoisotopic (exact) mass is 286 g/mol. The summed E-state index contributed by atoms with van der Waals surface area (Å²) in [4.78, 5) is 17.5. The van der Waals surface area contributed by atoms with Gasteiger partial charge in [-0.25, -0.2) is 4.98 Å². The Balaban J connectivity index is 2.03. The Hall–Kier alpha value is -2.14. The van der Waals surface area contributed by atoms with Gasteiger partial charge in [-0.1, -0.05) is 12.1 Å². The molecule has 0 spiro atoms. The first kappa shape index (κ1) is 15.3. The Morgan fingerprint density at radius 3 is 2.43 bits per heavy atom. The highest BCUT2D eigenvalue weighted by Gasteiger charge is 2.17. The number of hydrogen-bond acceptors (Lipinski definition) is 3. The number of nitrogens with zero attached hydrogens (tertiary/aromatic N) is 3.